The molecule has 0 saturated carbocycles. The topological polar surface area (TPSA) is 68.3 Å². The molecule has 6 heteroatoms. The molecule has 0 saturated heterocycles. The Morgan fingerprint density at radius 1 is 0.879 bits per heavy atom. The lowest BCUT2D eigenvalue weighted by molar-refractivity contribution is 0.559. The smallest absolute Gasteiger partial charge is 0.336 e. The third-order valence-corrected chi connectivity index (χ3v) is 5.93. The Balaban J connectivity index is 0.00000259. The van der Waals surface area contributed by atoms with E-state index in [0.29, 0.717) is 17.9 Å². The maximum absolute atomic E-state index is 12.3. The first-order valence-corrected chi connectivity index (χ1v) is 10.7. The zero-order valence-electron chi connectivity index (χ0n) is 18.8. The summed E-state index contributed by atoms with van der Waals surface area (Å²) in [4.78, 5) is 16.8. The van der Waals surface area contributed by atoms with Crippen molar-refractivity contribution in [3.63, 3.8) is 0 Å². The van der Waals surface area contributed by atoms with E-state index in [2.05, 4.69) is 22.4 Å². The highest BCUT2D eigenvalue weighted by molar-refractivity contribution is 5.96. The molecule has 5 aromatic rings. The van der Waals surface area contributed by atoms with Gasteiger partial charge in [-0.15, -0.1) is 12.4 Å². The van der Waals surface area contributed by atoms with Crippen molar-refractivity contribution in [2.45, 2.75) is 33.9 Å². The standard InChI is InChI=1S/C27H24N2O3.ClH/c1-16-9-22-23(12-26(30)31-24(22)10-17(16)2)25-11-21-20(15-29-18(3)27(21)32-25)14-28-13-19-7-5-4-6-8-19;/h4-12,15,28H,13-14H2,1-3H3;1H. The maximum atomic E-state index is 12.3. The summed E-state index contributed by atoms with van der Waals surface area (Å²) in [6.45, 7) is 7.42. The zero-order chi connectivity index (χ0) is 22.2. The van der Waals surface area contributed by atoms with E-state index in [1.807, 2.05) is 63.4 Å². The first-order valence-electron chi connectivity index (χ1n) is 10.7. The van der Waals surface area contributed by atoms with Gasteiger partial charge in [-0.05, 0) is 61.2 Å². The van der Waals surface area contributed by atoms with Gasteiger partial charge in [0, 0.05) is 41.7 Å². The molecule has 0 radical (unpaired) electrons. The largest absolute Gasteiger partial charge is 0.454 e. The Hall–Kier alpha value is -3.41. The van der Waals surface area contributed by atoms with Crippen LogP contribution in [0.3, 0.4) is 0 Å². The number of hydrogen-bond donors (Lipinski definition) is 1. The minimum atomic E-state index is -0.393. The van der Waals surface area contributed by atoms with Crippen molar-refractivity contribution in [1.29, 1.82) is 0 Å². The fraction of sp³-hybridized carbons (Fsp3) is 0.185. The number of nitrogens with zero attached hydrogens (tertiary/aromatic N) is 1. The first-order chi connectivity index (χ1) is 15.5. The van der Waals surface area contributed by atoms with Gasteiger partial charge in [0.25, 0.3) is 0 Å². The van der Waals surface area contributed by atoms with Gasteiger partial charge >= 0.3 is 5.63 Å². The van der Waals surface area contributed by atoms with Crippen LogP contribution in [0.5, 0.6) is 0 Å². The lowest BCUT2D eigenvalue weighted by atomic mass is 10.0. The van der Waals surface area contributed by atoms with Crippen LogP contribution in [0.2, 0.25) is 0 Å². The molecule has 0 spiro atoms. The van der Waals surface area contributed by atoms with Crippen LogP contribution >= 0.6 is 12.4 Å². The molecule has 5 nitrogen and oxygen atoms in total. The molecular weight excluding hydrogens is 436 g/mol. The van der Waals surface area contributed by atoms with Crippen LogP contribution in [0.25, 0.3) is 33.3 Å². The molecule has 0 aliphatic heterocycles. The zero-order valence-corrected chi connectivity index (χ0v) is 19.6. The normalized spacial score (nSPS) is 11.1. The van der Waals surface area contributed by atoms with Gasteiger partial charge in [0.1, 0.15) is 11.3 Å². The Morgan fingerprint density at radius 3 is 2.42 bits per heavy atom. The van der Waals surface area contributed by atoms with E-state index in [0.717, 1.165) is 50.8 Å². The summed E-state index contributed by atoms with van der Waals surface area (Å²) < 4.78 is 11.7. The number of pyridine rings is 1. The minimum absolute atomic E-state index is 0. The first kappa shape index (κ1) is 22.8. The van der Waals surface area contributed by atoms with E-state index in [1.165, 1.54) is 11.6 Å². The van der Waals surface area contributed by atoms with E-state index >= 15 is 0 Å². The number of fused-ring (bicyclic) bond motifs is 2. The van der Waals surface area contributed by atoms with E-state index in [1.54, 1.807) is 0 Å². The summed E-state index contributed by atoms with van der Waals surface area (Å²) in [5.41, 5.74) is 6.95. The van der Waals surface area contributed by atoms with E-state index in [9.17, 15) is 4.79 Å². The molecule has 3 aromatic heterocycles. The summed E-state index contributed by atoms with van der Waals surface area (Å²) in [5, 5.41) is 5.34. The molecule has 0 unspecified atom stereocenters. The molecule has 33 heavy (non-hydrogen) atoms. The average Bonchev–Trinajstić information content (AvgIpc) is 3.23. The number of aryl methyl sites for hydroxylation is 3. The highest BCUT2D eigenvalue weighted by Gasteiger charge is 2.17. The molecule has 168 valence electrons. The van der Waals surface area contributed by atoms with Crippen molar-refractivity contribution >= 4 is 34.3 Å². The second-order valence-electron chi connectivity index (χ2n) is 8.22. The third kappa shape index (κ3) is 4.42. The highest BCUT2D eigenvalue weighted by atomic mass is 35.5. The van der Waals surface area contributed by atoms with Crippen LogP contribution < -0.4 is 10.9 Å². The Bertz CT molecular complexity index is 1500. The van der Waals surface area contributed by atoms with Crippen LogP contribution in [0.1, 0.15) is 27.9 Å². The Kier molecular flexibility index (Phi) is 6.36. The summed E-state index contributed by atoms with van der Waals surface area (Å²) >= 11 is 0. The third-order valence-electron chi connectivity index (χ3n) is 5.93. The summed E-state index contributed by atoms with van der Waals surface area (Å²) in [6, 6.07) is 17.7. The predicted molar refractivity (Wildman–Crippen MR) is 134 cm³/mol. The number of rotatable bonds is 5. The van der Waals surface area contributed by atoms with Crippen molar-refractivity contribution in [2.75, 3.05) is 0 Å². The van der Waals surface area contributed by atoms with E-state index in [4.69, 9.17) is 8.83 Å². The lowest BCUT2D eigenvalue weighted by Gasteiger charge is -2.06. The monoisotopic (exact) mass is 460 g/mol. The van der Waals surface area contributed by atoms with E-state index < -0.39 is 5.63 Å². The molecule has 1 N–H and O–H groups in total. The number of halogens is 1. The second kappa shape index (κ2) is 9.22. The maximum Gasteiger partial charge on any atom is 0.336 e. The Labute approximate surface area is 197 Å². The molecule has 0 aliphatic carbocycles. The average molecular weight is 461 g/mol. The highest BCUT2D eigenvalue weighted by Crippen LogP contribution is 2.35. The summed E-state index contributed by atoms with van der Waals surface area (Å²) in [5.74, 6) is 0.640. The number of furan rings is 1. The van der Waals surface area contributed by atoms with Crippen LogP contribution in [0.15, 0.2) is 74.4 Å². The van der Waals surface area contributed by atoms with Gasteiger partial charge in [-0.1, -0.05) is 30.3 Å². The SMILES string of the molecule is Cc1cc2oc(=O)cc(-c3cc4c(CNCc5ccccc5)cnc(C)c4o3)c2cc1C.Cl. The van der Waals surface area contributed by atoms with Gasteiger partial charge in [-0.25, -0.2) is 4.79 Å². The summed E-state index contributed by atoms with van der Waals surface area (Å²) in [7, 11) is 0. The molecule has 3 heterocycles. The lowest BCUT2D eigenvalue weighted by Crippen LogP contribution is -2.13. The quantitative estimate of drug-likeness (QED) is 0.314. The predicted octanol–water partition coefficient (Wildman–Crippen LogP) is 6.24. The molecule has 2 aromatic carbocycles. The van der Waals surface area contributed by atoms with Crippen molar-refractivity contribution in [2.24, 2.45) is 0 Å². The molecule has 0 amide bonds. The van der Waals surface area contributed by atoms with Gasteiger partial charge in [-0.3, -0.25) is 4.98 Å². The van der Waals surface area contributed by atoms with Crippen LogP contribution in [-0.2, 0) is 13.1 Å². The van der Waals surface area contributed by atoms with Crippen LogP contribution in [-0.4, -0.2) is 4.98 Å². The number of hydrogen-bond acceptors (Lipinski definition) is 5. The van der Waals surface area contributed by atoms with Crippen molar-refractivity contribution in [1.82, 2.24) is 10.3 Å². The molecule has 0 aliphatic rings. The van der Waals surface area contributed by atoms with Crippen LogP contribution in [0.4, 0.5) is 0 Å². The Morgan fingerprint density at radius 2 is 1.64 bits per heavy atom. The minimum Gasteiger partial charge on any atom is -0.454 e. The number of nitrogens with one attached hydrogen (secondary N) is 1. The fourth-order valence-corrected chi connectivity index (χ4v) is 4.03. The van der Waals surface area contributed by atoms with E-state index in [-0.39, 0.29) is 12.4 Å². The molecule has 0 fully saturated rings. The second-order valence-corrected chi connectivity index (χ2v) is 8.22. The van der Waals surface area contributed by atoms with Gasteiger partial charge in [-0.2, -0.15) is 0 Å². The van der Waals surface area contributed by atoms with Gasteiger partial charge in [0.2, 0.25) is 0 Å². The fourth-order valence-electron chi connectivity index (χ4n) is 4.03. The number of aromatic nitrogens is 1. The van der Waals surface area contributed by atoms with Gasteiger partial charge in [0.15, 0.2) is 5.58 Å². The van der Waals surface area contributed by atoms with Crippen LogP contribution in [0, 0.1) is 20.8 Å². The van der Waals surface area contributed by atoms with Crippen molar-refractivity contribution in [3.8, 4) is 11.3 Å². The molecule has 0 atom stereocenters. The van der Waals surface area contributed by atoms with Gasteiger partial charge < -0.3 is 14.2 Å². The van der Waals surface area contributed by atoms with Crippen molar-refractivity contribution in [3.05, 3.63) is 99.2 Å². The number of benzene rings is 2. The van der Waals surface area contributed by atoms with Crippen molar-refractivity contribution < 1.29 is 8.83 Å². The van der Waals surface area contributed by atoms with Gasteiger partial charge in [0.05, 0.1) is 5.69 Å². The molecule has 5 rings (SSSR count). The molecular formula is C27H25ClN2O3. The molecule has 0 bridgehead atoms. The summed E-state index contributed by atoms with van der Waals surface area (Å²) in [6.07, 6.45) is 1.89.